The van der Waals surface area contributed by atoms with E-state index < -0.39 is 0 Å². The van der Waals surface area contributed by atoms with Gasteiger partial charge in [0.2, 0.25) is 0 Å². The maximum Gasteiger partial charge on any atom is 0.119 e. The molecule has 0 saturated heterocycles. The molecule has 5 rings (SSSR count). The molecule has 0 bridgehead atoms. The van der Waals surface area contributed by atoms with Gasteiger partial charge in [-0.2, -0.15) is 0 Å². The minimum absolute atomic E-state index is 0.557. The second-order valence-electron chi connectivity index (χ2n) is 12.9. The Balaban J connectivity index is 1.43. The van der Waals surface area contributed by atoms with E-state index in [1.807, 2.05) is 18.3 Å². The van der Waals surface area contributed by atoms with Crippen LogP contribution in [-0.2, 0) is 0 Å². The van der Waals surface area contributed by atoms with Crippen LogP contribution in [0.15, 0.2) is 115 Å². The quantitative estimate of drug-likeness (QED) is 0.103. The lowest BCUT2D eigenvalue weighted by molar-refractivity contribution is 0.233. The average Bonchev–Trinajstić information content (AvgIpc) is 3.14. The van der Waals surface area contributed by atoms with Gasteiger partial charge in [0, 0.05) is 11.8 Å². The highest BCUT2D eigenvalue weighted by Crippen LogP contribution is 2.35. The summed E-state index contributed by atoms with van der Waals surface area (Å²) in [6.45, 7) is 10.6. The average molecular weight is 626 g/mol. The van der Waals surface area contributed by atoms with Crippen LogP contribution in [0.3, 0.4) is 0 Å². The Morgan fingerprint density at radius 2 is 1.09 bits per heavy atom. The highest BCUT2D eigenvalue weighted by Gasteiger charge is 2.11. The molecule has 0 amide bonds. The number of nitrogens with zero attached hydrogens (tertiary/aromatic N) is 1. The smallest absolute Gasteiger partial charge is 0.119 e. The number of pyridine rings is 1. The lowest BCUT2D eigenvalue weighted by atomic mass is 9.92. The third-order valence-corrected chi connectivity index (χ3v) is 9.08. The molecule has 0 aliphatic carbocycles. The molecule has 4 aromatic carbocycles. The molecule has 0 spiro atoms. The van der Waals surface area contributed by atoms with Gasteiger partial charge in [0.25, 0.3) is 0 Å². The summed E-state index contributed by atoms with van der Waals surface area (Å²) >= 11 is 0. The van der Waals surface area contributed by atoms with Crippen molar-refractivity contribution in [3.63, 3.8) is 0 Å². The summed E-state index contributed by atoms with van der Waals surface area (Å²) in [4.78, 5) is 4.59. The monoisotopic (exact) mass is 625 g/mol. The van der Waals surface area contributed by atoms with Crippen LogP contribution in [0.5, 0.6) is 11.5 Å². The number of aromatic nitrogens is 1. The maximum absolute atomic E-state index is 6.24. The molecular weight excluding hydrogens is 574 g/mol. The Labute approximate surface area is 283 Å². The molecule has 0 fully saturated rings. The second kappa shape index (κ2) is 17.5. The highest BCUT2D eigenvalue weighted by molar-refractivity contribution is 5.82. The first-order chi connectivity index (χ1) is 23.1. The van der Waals surface area contributed by atoms with Gasteiger partial charge in [-0.05, 0) is 119 Å². The molecule has 0 aliphatic rings. The first-order valence-electron chi connectivity index (χ1n) is 17.7. The lowest BCUT2D eigenvalue weighted by Crippen LogP contribution is -2.11. The van der Waals surface area contributed by atoms with E-state index in [9.17, 15) is 0 Å². The van der Waals surface area contributed by atoms with Crippen molar-refractivity contribution < 1.29 is 9.47 Å². The summed E-state index contributed by atoms with van der Waals surface area (Å²) in [7, 11) is 0. The van der Waals surface area contributed by atoms with E-state index in [1.54, 1.807) is 0 Å². The van der Waals surface area contributed by atoms with Crippen molar-refractivity contribution in [3.05, 3.63) is 115 Å². The SMILES string of the molecule is CCCCC(C)COc1ccc(-c2cc(-c3ccc(OCC(CC)CCCC)cc3)cc(-c3cccc(-c4ccccn4)c3)c2)cc1. The van der Waals surface area contributed by atoms with E-state index in [2.05, 4.69) is 130 Å². The van der Waals surface area contributed by atoms with Gasteiger partial charge in [0.05, 0.1) is 18.9 Å². The summed E-state index contributed by atoms with van der Waals surface area (Å²) in [5.41, 5.74) is 9.09. The van der Waals surface area contributed by atoms with Crippen molar-refractivity contribution in [2.45, 2.75) is 72.6 Å². The molecule has 0 aliphatic heterocycles. The fourth-order valence-electron chi connectivity index (χ4n) is 5.99. The van der Waals surface area contributed by atoms with Crippen molar-refractivity contribution in [2.75, 3.05) is 13.2 Å². The molecular formula is C44H51NO2. The zero-order valence-electron chi connectivity index (χ0n) is 28.8. The van der Waals surface area contributed by atoms with Crippen molar-refractivity contribution in [1.29, 1.82) is 0 Å². The molecule has 1 heterocycles. The zero-order valence-corrected chi connectivity index (χ0v) is 28.8. The fraction of sp³-hybridized carbons (Fsp3) is 0.341. The standard InChI is InChI=1S/C44H51NO2/c1-5-8-13-33(4)31-46-42-22-18-35(19-23-42)39-28-40(36-20-24-43(25-21-36)47-32-34(7-3)14-9-6-2)30-41(29-39)37-15-12-16-38(27-37)44-17-10-11-26-45-44/h10-12,15-30,33-34H,5-9,13-14,31-32H2,1-4H3. The second-order valence-corrected chi connectivity index (χ2v) is 12.9. The summed E-state index contributed by atoms with van der Waals surface area (Å²) in [5, 5.41) is 0. The van der Waals surface area contributed by atoms with E-state index in [0.717, 1.165) is 53.5 Å². The van der Waals surface area contributed by atoms with E-state index >= 15 is 0 Å². The molecule has 3 heteroatoms. The molecule has 0 N–H and O–H groups in total. The Bertz CT molecular complexity index is 1640. The van der Waals surface area contributed by atoms with Gasteiger partial charge in [-0.3, -0.25) is 4.98 Å². The number of unbranched alkanes of at least 4 members (excludes halogenated alkanes) is 2. The first kappa shape index (κ1) is 34.0. The zero-order chi connectivity index (χ0) is 32.8. The molecule has 3 nitrogen and oxygen atoms in total. The Hall–Kier alpha value is -4.37. The van der Waals surface area contributed by atoms with Crippen molar-refractivity contribution >= 4 is 0 Å². The molecule has 1 aromatic heterocycles. The summed E-state index contributed by atoms with van der Waals surface area (Å²) in [6.07, 6.45) is 10.4. The Morgan fingerprint density at radius 1 is 0.532 bits per heavy atom. The van der Waals surface area contributed by atoms with Gasteiger partial charge in [-0.15, -0.1) is 0 Å². The van der Waals surface area contributed by atoms with Gasteiger partial charge >= 0.3 is 0 Å². The number of rotatable bonds is 17. The van der Waals surface area contributed by atoms with Gasteiger partial charge in [-0.1, -0.05) is 108 Å². The topological polar surface area (TPSA) is 31.4 Å². The predicted molar refractivity (Wildman–Crippen MR) is 199 cm³/mol. The Morgan fingerprint density at radius 3 is 1.66 bits per heavy atom. The third-order valence-electron chi connectivity index (χ3n) is 9.08. The molecule has 2 unspecified atom stereocenters. The van der Waals surface area contributed by atoms with Gasteiger partial charge in [-0.25, -0.2) is 0 Å². The van der Waals surface area contributed by atoms with Crippen molar-refractivity contribution in [1.82, 2.24) is 4.98 Å². The minimum Gasteiger partial charge on any atom is -0.493 e. The van der Waals surface area contributed by atoms with E-state index in [-0.39, 0.29) is 0 Å². The number of benzene rings is 4. The summed E-state index contributed by atoms with van der Waals surface area (Å²) in [5.74, 6) is 3.02. The normalized spacial score (nSPS) is 12.4. The fourth-order valence-corrected chi connectivity index (χ4v) is 5.99. The summed E-state index contributed by atoms with van der Waals surface area (Å²) < 4.78 is 12.4. The van der Waals surface area contributed by atoms with Gasteiger partial charge in [0.1, 0.15) is 11.5 Å². The van der Waals surface area contributed by atoms with Crippen molar-refractivity contribution in [3.8, 4) is 56.1 Å². The van der Waals surface area contributed by atoms with E-state index in [0.29, 0.717) is 11.8 Å². The van der Waals surface area contributed by atoms with Gasteiger partial charge in [0.15, 0.2) is 0 Å². The lowest BCUT2D eigenvalue weighted by Gasteiger charge is -2.16. The first-order valence-corrected chi connectivity index (χ1v) is 17.7. The largest absolute Gasteiger partial charge is 0.493 e. The number of hydrogen-bond donors (Lipinski definition) is 0. The maximum atomic E-state index is 6.24. The third kappa shape index (κ3) is 9.81. The van der Waals surface area contributed by atoms with Crippen LogP contribution in [0.4, 0.5) is 0 Å². The van der Waals surface area contributed by atoms with Crippen LogP contribution in [-0.4, -0.2) is 18.2 Å². The van der Waals surface area contributed by atoms with Crippen LogP contribution in [0.25, 0.3) is 44.6 Å². The number of hydrogen-bond acceptors (Lipinski definition) is 3. The molecule has 5 aromatic rings. The molecule has 2 atom stereocenters. The predicted octanol–water partition coefficient (Wildman–Crippen LogP) is 12.5. The summed E-state index contributed by atoms with van der Waals surface area (Å²) in [6, 6.07) is 38.8. The van der Waals surface area contributed by atoms with Crippen LogP contribution in [0, 0.1) is 11.8 Å². The minimum atomic E-state index is 0.557. The van der Waals surface area contributed by atoms with E-state index in [1.165, 1.54) is 60.8 Å². The molecule has 0 saturated carbocycles. The van der Waals surface area contributed by atoms with Crippen LogP contribution >= 0.6 is 0 Å². The van der Waals surface area contributed by atoms with Gasteiger partial charge < -0.3 is 9.47 Å². The Kier molecular flexibility index (Phi) is 12.7. The van der Waals surface area contributed by atoms with Crippen molar-refractivity contribution in [2.24, 2.45) is 11.8 Å². The van der Waals surface area contributed by atoms with Crippen LogP contribution in [0.1, 0.15) is 72.6 Å². The van der Waals surface area contributed by atoms with Crippen LogP contribution in [0.2, 0.25) is 0 Å². The molecule has 47 heavy (non-hydrogen) atoms. The van der Waals surface area contributed by atoms with Crippen LogP contribution < -0.4 is 9.47 Å². The molecule has 0 radical (unpaired) electrons. The number of ether oxygens (including phenoxy) is 2. The molecule has 244 valence electrons. The highest BCUT2D eigenvalue weighted by atomic mass is 16.5. The van der Waals surface area contributed by atoms with E-state index in [4.69, 9.17) is 9.47 Å².